The Morgan fingerprint density at radius 3 is 2.15 bits per heavy atom. The monoisotopic (exact) mass is 277 g/mol. The number of benzene rings is 1. The first kappa shape index (κ1) is 13.2. The molecule has 0 bridgehead atoms. The molecule has 2 saturated heterocycles. The fourth-order valence-electron chi connectivity index (χ4n) is 2.96. The van der Waals surface area contributed by atoms with E-state index in [0.29, 0.717) is 31.9 Å². The fourth-order valence-corrected chi connectivity index (χ4v) is 2.96. The number of carbonyl (C=O) groups is 1. The number of piperazine rings is 1. The van der Waals surface area contributed by atoms with Crippen LogP contribution >= 0.6 is 0 Å². The lowest BCUT2D eigenvalue weighted by Crippen LogP contribution is -2.52. The first-order chi connectivity index (χ1) is 9.75. The molecule has 4 nitrogen and oxygen atoms in total. The highest BCUT2D eigenvalue weighted by Crippen LogP contribution is 2.21. The van der Waals surface area contributed by atoms with Crippen molar-refractivity contribution in [3.05, 3.63) is 30.1 Å². The van der Waals surface area contributed by atoms with Gasteiger partial charge in [0.2, 0.25) is 0 Å². The molecule has 20 heavy (non-hydrogen) atoms. The van der Waals surface area contributed by atoms with Gasteiger partial charge in [-0.3, -0.25) is 0 Å². The Morgan fingerprint density at radius 1 is 0.900 bits per heavy atom. The second kappa shape index (κ2) is 5.69. The van der Waals surface area contributed by atoms with Crippen LogP contribution < -0.4 is 4.90 Å². The van der Waals surface area contributed by atoms with E-state index in [2.05, 4.69) is 0 Å². The molecule has 2 fully saturated rings. The average Bonchev–Trinajstić information content (AvgIpc) is 3.01. The van der Waals surface area contributed by atoms with Gasteiger partial charge in [-0.15, -0.1) is 0 Å². The molecular weight excluding hydrogens is 257 g/mol. The van der Waals surface area contributed by atoms with Gasteiger partial charge in [0.05, 0.1) is 5.69 Å². The molecule has 1 aromatic carbocycles. The number of carbonyl (C=O) groups excluding carboxylic acids is 1. The summed E-state index contributed by atoms with van der Waals surface area (Å²) in [5.74, 6) is -0.188. The van der Waals surface area contributed by atoms with Gasteiger partial charge < -0.3 is 14.7 Å². The van der Waals surface area contributed by atoms with E-state index in [9.17, 15) is 9.18 Å². The summed E-state index contributed by atoms with van der Waals surface area (Å²) in [6.07, 6.45) is 2.22. The number of halogens is 1. The summed E-state index contributed by atoms with van der Waals surface area (Å²) >= 11 is 0. The van der Waals surface area contributed by atoms with Crippen molar-refractivity contribution in [3.63, 3.8) is 0 Å². The SMILES string of the molecule is O=C(N1CCCC1)N1CCN(c2ccccc2F)CC1. The summed E-state index contributed by atoms with van der Waals surface area (Å²) in [5, 5.41) is 0. The lowest BCUT2D eigenvalue weighted by molar-refractivity contribution is 0.159. The second-order valence-corrected chi connectivity index (χ2v) is 5.40. The molecule has 3 rings (SSSR count). The average molecular weight is 277 g/mol. The zero-order chi connectivity index (χ0) is 13.9. The summed E-state index contributed by atoms with van der Waals surface area (Å²) in [6, 6.07) is 6.98. The van der Waals surface area contributed by atoms with Gasteiger partial charge in [0.15, 0.2) is 0 Å². The van der Waals surface area contributed by atoms with Crippen LogP contribution in [0.25, 0.3) is 0 Å². The summed E-state index contributed by atoms with van der Waals surface area (Å²) in [7, 11) is 0. The van der Waals surface area contributed by atoms with Crippen LogP contribution in [-0.2, 0) is 0 Å². The van der Waals surface area contributed by atoms with E-state index < -0.39 is 0 Å². The highest BCUT2D eigenvalue weighted by atomic mass is 19.1. The Bertz CT molecular complexity index is 480. The number of amides is 2. The Kier molecular flexibility index (Phi) is 3.76. The van der Waals surface area contributed by atoms with E-state index in [4.69, 9.17) is 0 Å². The van der Waals surface area contributed by atoms with Gasteiger partial charge in [-0.1, -0.05) is 12.1 Å². The van der Waals surface area contributed by atoms with E-state index in [-0.39, 0.29) is 11.8 Å². The summed E-state index contributed by atoms with van der Waals surface area (Å²) in [4.78, 5) is 18.1. The van der Waals surface area contributed by atoms with Gasteiger partial charge in [-0.25, -0.2) is 9.18 Å². The van der Waals surface area contributed by atoms with Crippen molar-refractivity contribution in [3.8, 4) is 0 Å². The maximum atomic E-state index is 13.7. The zero-order valence-corrected chi connectivity index (χ0v) is 11.6. The smallest absolute Gasteiger partial charge is 0.320 e. The molecule has 0 atom stereocenters. The van der Waals surface area contributed by atoms with Crippen molar-refractivity contribution in [2.45, 2.75) is 12.8 Å². The molecule has 0 aliphatic carbocycles. The minimum atomic E-state index is -0.188. The Balaban J connectivity index is 1.59. The molecule has 0 radical (unpaired) electrons. The molecule has 2 aliphatic heterocycles. The van der Waals surface area contributed by atoms with Gasteiger partial charge in [0.25, 0.3) is 0 Å². The normalized spacial score (nSPS) is 19.6. The molecule has 0 spiro atoms. The van der Waals surface area contributed by atoms with E-state index in [1.165, 1.54) is 6.07 Å². The minimum Gasteiger partial charge on any atom is -0.366 e. The van der Waals surface area contributed by atoms with Gasteiger partial charge in [0.1, 0.15) is 5.82 Å². The van der Waals surface area contributed by atoms with Crippen molar-refractivity contribution in [2.24, 2.45) is 0 Å². The fraction of sp³-hybridized carbons (Fsp3) is 0.533. The van der Waals surface area contributed by atoms with Crippen LogP contribution in [0.4, 0.5) is 14.9 Å². The highest BCUT2D eigenvalue weighted by Gasteiger charge is 2.27. The molecule has 0 saturated carbocycles. The predicted octanol–water partition coefficient (Wildman–Crippen LogP) is 2.16. The maximum Gasteiger partial charge on any atom is 0.320 e. The van der Waals surface area contributed by atoms with E-state index in [0.717, 1.165) is 25.9 Å². The molecule has 1 aromatic rings. The third-order valence-corrected chi connectivity index (χ3v) is 4.12. The van der Waals surface area contributed by atoms with Crippen molar-refractivity contribution in [1.29, 1.82) is 0 Å². The molecule has 0 aromatic heterocycles. The highest BCUT2D eigenvalue weighted by molar-refractivity contribution is 5.75. The zero-order valence-electron chi connectivity index (χ0n) is 11.6. The lowest BCUT2D eigenvalue weighted by atomic mass is 10.2. The Labute approximate surface area is 118 Å². The van der Waals surface area contributed by atoms with Gasteiger partial charge >= 0.3 is 6.03 Å². The number of anilines is 1. The number of nitrogens with zero attached hydrogens (tertiary/aromatic N) is 3. The van der Waals surface area contributed by atoms with Crippen molar-refractivity contribution >= 4 is 11.7 Å². The quantitative estimate of drug-likeness (QED) is 0.786. The van der Waals surface area contributed by atoms with Crippen LogP contribution in [0.3, 0.4) is 0 Å². The predicted molar refractivity (Wildman–Crippen MR) is 76.4 cm³/mol. The van der Waals surface area contributed by atoms with Crippen LogP contribution in [-0.4, -0.2) is 55.1 Å². The van der Waals surface area contributed by atoms with E-state index >= 15 is 0 Å². The summed E-state index contributed by atoms with van der Waals surface area (Å²) in [6.45, 7) is 4.49. The van der Waals surface area contributed by atoms with Crippen molar-refractivity contribution < 1.29 is 9.18 Å². The first-order valence-electron chi connectivity index (χ1n) is 7.29. The van der Waals surface area contributed by atoms with Crippen LogP contribution in [0.15, 0.2) is 24.3 Å². The van der Waals surface area contributed by atoms with Crippen LogP contribution in [0.5, 0.6) is 0 Å². The molecule has 5 heteroatoms. The third kappa shape index (κ3) is 2.57. The van der Waals surface area contributed by atoms with Crippen LogP contribution in [0, 0.1) is 5.82 Å². The van der Waals surface area contributed by atoms with E-state index in [1.807, 2.05) is 20.8 Å². The molecule has 108 valence electrons. The lowest BCUT2D eigenvalue weighted by Gasteiger charge is -2.37. The number of urea groups is 1. The number of hydrogen-bond acceptors (Lipinski definition) is 2. The van der Waals surface area contributed by atoms with Crippen molar-refractivity contribution in [2.75, 3.05) is 44.2 Å². The molecule has 2 heterocycles. The summed E-state index contributed by atoms with van der Waals surface area (Å²) < 4.78 is 13.7. The van der Waals surface area contributed by atoms with Gasteiger partial charge in [0, 0.05) is 39.3 Å². The molecule has 2 amide bonds. The van der Waals surface area contributed by atoms with E-state index in [1.54, 1.807) is 12.1 Å². The van der Waals surface area contributed by atoms with Crippen molar-refractivity contribution in [1.82, 2.24) is 9.80 Å². The molecular formula is C15H20FN3O. The molecule has 2 aliphatic rings. The molecule has 0 unspecified atom stereocenters. The molecule has 0 N–H and O–H groups in total. The number of para-hydroxylation sites is 1. The number of rotatable bonds is 1. The summed E-state index contributed by atoms with van der Waals surface area (Å²) in [5.41, 5.74) is 0.640. The second-order valence-electron chi connectivity index (χ2n) is 5.40. The Hall–Kier alpha value is -1.78. The first-order valence-corrected chi connectivity index (χ1v) is 7.29. The van der Waals surface area contributed by atoms with Gasteiger partial charge in [-0.05, 0) is 25.0 Å². The van der Waals surface area contributed by atoms with Crippen LogP contribution in [0.1, 0.15) is 12.8 Å². The topological polar surface area (TPSA) is 26.8 Å². The minimum absolute atomic E-state index is 0.149. The van der Waals surface area contributed by atoms with Crippen LogP contribution in [0.2, 0.25) is 0 Å². The number of hydrogen-bond donors (Lipinski definition) is 0. The van der Waals surface area contributed by atoms with Gasteiger partial charge in [-0.2, -0.15) is 0 Å². The Morgan fingerprint density at radius 2 is 1.50 bits per heavy atom. The third-order valence-electron chi connectivity index (χ3n) is 4.12. The largest absolute Gasteiger partial charge is 0.366 e. The number of likely N-dealkylation sites (tertiary alicyclic amines) is 1. The maximum absolute atomic E-state index is 13.7. The standard InChI is InChI=1S/C15H20FN3O/c16-13-5-1-2-6-14(13)17-9-11-19(12-10-17)15(20)18-7-3-4-8-18/h1-2,5-6H,3-4,7-12H2.